The predicted molar refractivity (Wildman–Crippen MR) is 119 cm³/mol. The molecule has 2 heterocycles. The summed E-state index contributed by atoms with van der Waals surface area (Å²) in [5.41, 5.74) is -0.822. The largest absolute Gasteiger partial charge is 0.391 e. The van der Waals surface area contributed by atoms with E-state index in [0.29, 0.717) is 12.5 Å². The fraction of sp³-hybridized carbons (Fsp3) is 0.842. The molecule has 3 amide bonds. The third kappa shape index (κ3) is 5.08. The Morgan fingerprint density at radius 2 is 1.89 bits per heavy atom. The van der Waals surface area contributed by atoms with E-state index in [0.717, 1.165) is 44.7 Å². The summed E-state index contributed by atoms with van der Waals surface area (Å²) < 4.78 is 0. The van der Waals surface area contributed by atoms with Crippen molar-refractivity contribution < 1.29 is 14.7 Å². The molecule has 0 aromatic carbocycles. The number of piperidine rings is 1. The summed E-state index contributed by atoms with van der Waals surface area (Å²) in [5.74, 6) is 1.06. The lowest BCUT2D eigenvalue weighted by molar-refractivity contribution is -0.125. The number of hydrogen-bond donors (Lipinski definition) is 4. The number of amides is 3. The van der Waals surface area contributed by atoms with E-state index < -0.39 is 11.6 Å². The van der Waals surface area contributed by atoms with Crippen LogP contribution in [-0.2, 0) is 4.79 Å². The van der Waals surface area contributed by atoms with Gasteiger partial charge in [-0.2, -0.15) is 0 Å². The molecule has 0 aromatic heterocycles. The molecule has 0 aromatic rings. The number of halogens is 1. The number of aliphatic hydroxyl groups excluding tert-OH is 1. The Hall–Kier alpha value is -1.10. The van der Waals surface area contributed by atoms with Crippen LogP contribution in [0.15, 0.2) is 4.99 Å². The van der Waals surface area contributed by atoms with E-state index in [9.17, 15) is 14.7 Å². The zero-order valence-corrected chi connectivity index (χ0v) is 19.2. The van der Waals surface area contributed by atoms with E-state index in [1.165, 1.54) is 19.3 Å². The normalized spacial score (nSPS) is 28.4. The molecule has 160 valence electrons. The number of nitrogens with one attached hydrogen (secondary N) is 3. The molecule has 1 aliphatic carbocycles. The molecule has 2 atom stereocenters. The third-order valence-corrected chi connectivity index (χ3v) is 6.56. The summed E-state index contributed by atoms with van der Waals surface area (Å²) in [7, 11) is 1.76. The second-order valence-electron chi connectivity index (χ2n) is 8.27. The summed E-state index contributed by atoms with van der Waals surface area (Å²) in [6.07, 6.45) is 7.20. The first-order valence-electron chi connectivity index (χ1n) is 10.2. The van der Waals surface area contributed by atoms with Crippen molar-refractivity contribution in [3.05, 3.63) is 0 Å². The monoisotopic (exact) mass is 507 g/mol. The zero-order chi connectivity index (χ0) is 19.4. The number of rotatable bonds is 4. The molecule has 1 saturated carbocycles. The minimum absolute atomic E-state index is 0. The summed E-state index contributed by atoms with van der Waals surface area (Å²) in [6, 6.07) is -0.404. The molecule has 3 aliphatic rings. The lowest BCUT2D eigenvalue weighted by Crippen LogP contribution is -2.55. The predicted octanol–water partition coefficient (Wildman–Crippen LogP) is 1.43. The van der Waals surface area contributed by atoms with Gasteiger partial charge in [0.1, 0.15) is 5.54 Å². The Kier molecular flexibility index (Phi) is 8.35. The Morgan fingerprint density at radius 1 is 1.25 bits per heavy atom. The lowest BCUT2D eigenvalue weighted by Gasteiger charge is -2.40. The molecule has 2 saturated heterocycles. The van der Waals surface area contributed by atoms with Crippen molar-refractivity contribution in [3.8, 4) is 0 Å². The number of guanidine groups is 1. The molecule has 0 bridgehead atoms. The van der Waals surface area contributed by atoms with Crippen molar-refractivity contribution in [2.24, 2.45) is 16.8 Å². The van der Waals surface area contributed by atoms with Crippen LogP contribution in [0.1, 0.15) is 51.9 Å². The highest BCUT2D eigenvalue weighted by atomic mass is 127. The number of aliphatic hydroxyl groups is 1. The number of carbonyl (C=O) groups excluding carboxylic acids is 2. The molecular formula is C19H34IN5O3. The quantitative estimate of drug-likeness (QED) is 0.200. The van der Waals surface area contributed by atoms with Gasteiger partial charge in [-0.15, -0.1) is 24.0 Å². The van der Waals surface area contributed by atoms with Gasteiger partial charge in [0.05, 0.1) is 6.10 Å². The van der Waals surface area contributed by atoms with Crippen LogP contribution >= 0.6 is 24.0 Å². The number of urea groups is 1. The lowest BCUT2D eigenvalue weighted by atomic mass is 9.79. The molecule has 2 aliphatic heterocycles. The first kappa shape index (κ1) is 23.2. The maximum absolute atomic E-state index is 12.1. The van der Waals surface area contributed by atoms with E-state index in [1.807, 2.05) is 0 Å². The molecule has 9 heteroatoms. The molecule has 8 nitrogen and oxygen atoms in total. The smallest absolute Gasteiger partial charge is 0.322 e. The zero-order valence-electron chi connectivity index (χ0n) is 16.9. The van der Waals surface area contributed by atoms with Gasteiger partial charge in [0.25, 0.3) is 5.91 Å². The van der Waals surface area contributed by atoms with E-state index in [4.69, 9.17) is 0 Å². The highest BCUT2D eigenvalue weighted by Crippen LogP contribution is 2.31. The highest BCUT2D eigenvalue weighted by molar-refractivity contribution is 14.0. The Morgan fingerprint density at radius 3 is 2.43 bits per heavy atom. The van der Waals surface area contributed by atoms with Gasteiger partial charge in [-0.3, -0.25) is 15.1 Å². The topological polar surface area (TPSA) is 106 Å². The van der Waals surface area contributed by atoms with Crippen LogP contribution < -0.4 is 16.0 Å². The summed E-state index contributed by atoms with van der Waals surface area (Å²) in [4.78, 5) is 30.2. The number of likely N-dealkylation sites (tertiary alicyclic amines) is 1. The van der Waals surface area contributed by atoms with E-state index in [1.54, 1.807) is 14.0 Å². The second-order valence-corrected chi connectivity index (χ2v) is 8.27. The first-order valence-corrected chi connectivity index (χ1v) is 10.2. The molecule has 0 spiro atoms. The minimum atomic E-state index is -0.822. The van der Waals surface area contributed by atoms with Crippen molar-refractivity contribution in [2.45, 2.75) is 63.5 Å². The van der Waals surface area contributed by atoms with Crippen molar-refractivity contribution in [3.63, 3.8) is 0 Å². The molecule has 0 radical (unpaired) electrons. The first-order chi connectivity index (χ1) is 12.9. The molecule has 3 fully saturated rings. The third-order valence-electron chi connectivity index (χ3n) is 6.56. The van der Waals surface area contributed by atoms with Gasteiger partial charge in [0, 0.05) is 26.7 Å². The SMILES string of the molecule is CN=C(NCC(O)C1CCCCC1)N1CCC(C2(C)NC(=O)NC2=O)CC1.I. The molecule has 4 N–H and O–H groups in total. The highest BCUT2D eigenvalue weighted by Gasteiger charge is 2.48. The minimum Gasteiger partial charge on any atom is -0.391 e. The van der Waals surface area contributed by atoms with Crippen LogP contribution in [0, 0.1) is 11.8 Å². The van der Waals surface area contributed by atoms with Crippen LogP contribution in [-0.4, -0.2) is 66.2 Å². The van der Waals surface area contributed by atoms with E-state index in [-0.39, 0.29) is 41.9 Å². The molecule has 3 rings (SSSR count). The number of hydrogen-bond acceptors (Lipinski definition) is 4. The number of imide groups is 1. The Labute approximate surface area is 184 Å². The van der Waals surface area contributed by atoms with Crippen LogP contribution in [0.3, 0.4) is 0 Å². The van der Waals surface area contributed by atoms with Crippen molar-refractivity contribution in [1.29, 1.82) is 0 Å². The number of nitrogens with zero attached hydrogens (tertiary/aromatic N) is 2. The van der Waals surface area contributed by atoms with Gasteiger partial charge in [-0.05, 0) is 44.4 Å². The van der Waals surface area contributed by atoms with Crippen LogP contribution in [0.5, 0.6) is 0 Å². The van der Waals surface area contributed by atoms with Gasteiger partial charge < -0.3 is 20.6 Å². The van der Waals surface area contributed by atoms with Crippen molar-refractivity contribution >= 4 is 41.9 Å². The average Bonchev–Trinajstić information content (AvgIpc) is 2.96. The van der Waals surface area contributed by atoms with Gasteiger partial charge in [0.2, 0.25) is 0 Å². The summed E-state index contributed by atoms with van der Waals surface area (Å²) in [5, 5.41) is 18.9. The maximum atomic E-state index is 12.1. The van der Waals surface area contributed by atoms with Gasteiger partial charge >= 0.3 is 6.03 Å². The fourth-order valence-electron chi connectivity index (χ4n) is 4.73. The van der Waals surface area contributed by atoms with E-state index in [2.05, 4.69) is 25.8 Å². The van der Waals surface area contributed by atoms with E-state index >= 15 is 0 Å². The standard InChI is InChI=1S/C19H33N5O3.HI/c1-19(16(26)22-18(27)23-19)14-8-10-24(11-9-14)17(20-2)21-12-15(25)13-6-4-3-5-7-13;/h13-15,25H,3-12H2,1-2H3,(H,20,21)(H2,22,23,26,27);1H. The van der Waals surface area contributed by atoms with Gasteiger partial charge in [-0.1, -0.05) is 19.3 Å². The number of aliphatic imine (C=N–C) groups is 1. The average molecular weight is 507 g/mol. The molecule has 28 heavy (non-hydrogen) atoms. The van der Waals surface area contributed by atoms with Gasteiger partial charge in [-0.25, -0.2) is 4.79 Å². The van der Waals surface area contributed by atoms with Crippen molar-refractivity contribution in [1.82, 2.24) is 20.9 Å². The Balaban J connectivity index is 0.00000280. The van der Waals surface area contributed by atoms with Crippen LogP contribution in [0.25, 0.3) is 0 Å². The Bertz CT molecular complexity index is 588. The molecular weight excluding hydrogens is 473 g/mol. The van der Waals surface area contributed by atoms with Gasteiger partial charge in [0.15, 0.2) is 5.96 Å². The second kappa shape index (κ2) is 10.1. The number of carbonyl (C=O) groups is 2. The van der Waals surface area contributed by atoms with Crippen LogP contribution in [0.2, 0.25) is 0 Å². The van der Waals surface area contributed by atoms with Crippen molar-refractivity contribution in [2.75, 3.05) is 26.7 Å². The maximum Gasteiger partial charge on any atom is 0.322 e. The molecule has 2 unspecified atom stereocenters. The fourth-order valence-corrected chi connectivity index (χ4v) is 4.73. The summed E-state index contributed by atoms with van der Waals surface area (Å²) >= 11 is 0. The van der Waals surface area contributed by atoms with Crippen LogP contribution in [0.4, 0.5) is 4.79 Å². The summed E-state index contributed by atoms with van der Waals surface area (Å²) in [6.45, 7) is 3.86.